The molecular formula is C27H27N3O2. The number of nitrogens with two attached hydrogens (primary N) is 1. The molecule has 1 aliphatic heterocycles. The number of ether oxygens (including phenoxy) is 1. The average molecular weight is 426 g/mol. The lowest BCUT2D eigenvalue weighted by Gasteiger charge is -2.40. The second kappa shape index (κ2) is 8.36. The Bertz CT molecular complexity index is 1060. The van der Waals surface area contributed by atoms with Gasteiger partial charge in [-0.1, -0.05) is 91.0 Å². The molecule has 0 radical (unpaired) electrons. The summed E-state index contributed by atoms with van der Waals surface area (Å²) in [6.45, 7) is 0.549. The first kappa shape index (κ1) is 20.6. The molecule has 1 saturated heterocycles. The Kier molecular flexibility index (Phi) is 5.39. The molecule has 0 bridgehead atoms. The van der Waals surface area contributed by atoms with Crippen molar-refractivity contribution in [3.63, 3.8) is 0 Å². The number of aliphatic hydroxyl groups is 1. The number of nitrogens with zero attached hydrogens (tertiary/aromatic N) is 2. The van der Waals surface area contributed by atoms with Crippen molar-refractivity contribution in [2.75, 3.05) is 13.2 Å². The summed E-state index contributed by atoms with van der Waals surface area (Å²) in [6.07, 6.45) is 4.40. The van der Waals surface area contributed by atoms with E-state index in [0.717, 1.165) is 22.4 Å². The number of aromatic nitrogens is 2. The molecule has 5 nitrogen and oxygen atoms in total. The van der Waals surface area contributed by atoms with Gasteiger partial charge in [-0.15, -0.1) is 0 Å². The van der Waals surface area contributed by atoms with E-state index in [1.807, 2.05) is 24.5 Å². The predicted molar refractivity (Wildman–Crippen MR) is 124 cm³/mol. The van der Waals surface area contributed by atoms with Crippen LogP contribution >= 0.6 is 0 Å². The molecule has 0 amide bonds. The first-order chi connectivity index (χ1) is 15.6. The van der Waals surface area contributed by atoms with Gasteiger partial charge in [0.1, 0.15) is 11.1 Å². The molecule has 1 aromatic heterocycles. The van der Waals surface area contributed by atoms with Crippen molar-refractivity contribution in [3.8, 4) is 0 Å². The van der Waals surface area contributed by atoms with E-state index < -0.39 is 17.2 Å². The maximum atomic E-state index is 10.6. The summed E-state index contributed by atoms with van der Waals surface area (Å²) < 4.78 is 7.34. The van der Waals surface area contributed by atoms with E-state index in [0.29, 0.717) is 6.42 Å². The summed E-state index contributed by atoms with van der Waals surface area (Å²) in [5.41, 5.74) is 8.99. The van der Waals surface area contributed by atoms with Gasteiger partial charge in [-0.3, -0.25) is 0 Å². The molecule has 4 aromatic rings. The normalized spacial score (nSPS) is 16.3. The third-order valence-corrected chi connectivity index (χ3v) is 6.42. The highest BCUT2D eigenvalue weighted by Crippen LogP contribution is 2.40. The highest BCUT2D eigenvalue weighted by molar-refractivity contribution is 5.50. The Hall–Kier alpha value is -3.25. The fourth-order valence-electron chi connectivity index (χ4n) is 4.58. The van der Waals surface area contributed by atoms with Crippen LogP contribution in [-0.2, 0) is 16.7 Å². The number of benzene rings is 3. The molecule has 0 saturated carbocycles. The molecule has 1 atom stereocenters. The Morgan fingerprint density at radius 2 is 1.34 bits per heavy atom. The van der Waals surface area contributed by atoms with Crippen LogP contribution in [0.5, 0.6) is 0 Å². The minimum Gasteiger partial charge on any atom is -0.383 e. The van der Waals surface area contributed by atoms with Gasteiger partial charge in [0.2, 0.25) is 0 Å². The van der Waals surface area contributed by atoms with Crippen molar-refractivity contribution in [3.05, 3.63) is 126 Å². The number of hydrogen-bond donors (Lipinski definition) is 2. The van der Waals surface area contributed by atoms with E-state index >= 15 is 0 Å². The van der Waals surface area contributed by atoms with Gasteiger partial charge >= 0.3 is 0 Å². The van der Waals surface area contributed by atoms with Crippen LogP contribution < -0.4 is 5.73 Å². The van der Waals surface area contributed by atoms with Crippen molar-refractivity contribution < 1.29 is 9.84 Å². The zero-order chi connectivity index (χ0) is 22.0. The molecule has 32 heavy (non-hydrogen) atoms. The summed E-state index contributed by atoms with van der Waals surface area (Å²) in [5, 5.41) is 10.6. The summed E-state index contributed by atoms with van der Waals surface area (Å²) in [7, 11) is 0. The minimum absolute atomic E-state index is 0.275. The lowest BCUT2D eigenvalue weighted by molar-refractivity contribution is -0.189. The van der Waals surface area contributed by atoms with E-state index in [9.17, 15) is 5.11 Å². The molecule has 2 heterocycles. The summed E-state index contributed by atoms with van der Waals surface area (Å²) in [6, 6.07) is 31.0. The van der Waals surface area contributed by atoms with E-state index in [1.54, 1.807) is 0 Å². The van der Waals surface area contributed by atoms with Crippen molar-refractivity contribution >= 4 is 0 Å². The maximum absolute atomic E-state index is 10.6. The fourth-order valence-corrected chi connectivity index (χ4v) is 4.58. The Morgan fingerprint density at radius 3 is 1.75 bits per heavy atom. The summed E-state index contributed by atoms with van der Waals surface area (Å²) >= 11 is 0. The largest absolute Gasteiger partial charge is 0.383 e. The smallest absolute Gasteiger partial charge is 0.126 e. The molecule has 1 aliphatic rings. The van der Waals surface area contributed by atoms with Gasteiger partial charge in [0.25, 0.3) is 0 Å². The fraction of sp³-hybridized carbons (Fsp3) is 0.222. The van der Waals surface area contributed by atoms with Crippen molar-refractivity contribution in [1.29, 1.82) is 0 Å². The monoisotopic (exact) mass is 425 g/mol. The van der Waals surface area contributed by atoms with Gasteiger partial charge in [0.05, 0.1) is 25.2 Å². The summed E-state index contributed by atoms with van der Waals surface area (Å²) in [5.74, 6) is 0. The Balaban J connectivity index is 1.66. The third-order valence-electron chi connectivity index (χ3n) is 6.42. The van der Waals surface area contributed by atoms with Gasteiger partial charge in [-0.05, 0) is 16.7 Å². The molecule has 0 aliphatic carbocycles. The molecular weight excluding hydrogens is 398 g/mol. The minimum atomic E-state index is -0.973. The van der Waals surface area contributed by atoms with Gasteiger partial charge in [0.15, 0.2) is 0 Å². The van der Waals surface area contributed by atoms with Crippen LogP contribution in [-0.4, -0.2) is 39.5 Å². The van der Waals surface area contributed by atoms with Crippen LogP contribution in [0.4, 0.5) is 0 Å². The van der Waals surface area contributed by atoms with Crippen molar-refractivity contribution in [2.45, 2.75) is 23.6 Å². The molecule has 5 rings (SSSR count). The van der Waals surface area contributed by atoms with E-state index in [4.69, 9.17) is 15.5 Å². The lowest BCUT2D eigenvalue weighted by Crippen LogP contribution is -2.62. The van der Waals surface area contributed by atoms with Gasteiger partial charge in [-0.2, -0.15) is 0 Å². The molecule has 162 valence electrons. The van der Waals surface area contributed by atoms with Crippen LogP contribution in [0.25, 0.3) is 0 Å². The van der Waals surface area contributed by atoms with E-state index in [-0.39, 0.29) is 13.2 Å². The SMILES string of the molecule is NC(Cc1cn(C(c2ccccc2)(c2ccccc2)c2ccccc2)cn1)C1(O)COC1. The average Bonchev–Trinajstić information content (AvgIpc) is 3.28. The van der Waals surface area contributed by atoms with E-state index in [2.05, 4.69) is 83.6 Å². The van der Waals surface area contributed by atoms with Crippen LogP contribution in [0.3, 0.4) is 0 Å². The van der Waals surface area contributed by atoms with Crippen LogP contribution in [0.15, 0.2) is 104 Å². The number of hydrogen-bond acceptors (Lipinski definition) is 4. The molecule has 0 spiro atoms. The zero-order valence-corrected chi connectivity index (χ0v) is 17.8. The van der Waals surface area contributed by atoms with Crippen molar-refractivity contribution in [1.82, 2.24) is 9.55 Å². The second-order valence-electron chi connectivity index (χ2n) is 8.49. The molecule has 1 unspecified atom stereocenters. The van der Waals surface area contributed by atoms with Crippen LogP contribution in [0.1, 0.15) is 22.4 Å². The number of rotatable bonds is 7. The van der Waals surface area contributed by atoms with Gasteiger partial charge < -0.3 is 20.1 Å². The second-order valence-corrected chi connectivity index (χ2v) is 8.49. The van der Waals surface area contributed by atoms with Gasteiger partial charge in [0, 0.05) is 18.7 Å². The topological polar surface area (TPSA) is 73.3 Å². The molecule has 5 heteroatoms. The first-order valence-electron chi connectivity index (χ1n) is 10.9. The lowest BCUT2D eigenvalue weighted by atomic mass is 9.76. The molecule has 1 fully saturated rings. The third kappa shape index (κ3) is 3.45. The first-order valence-corrected chi connectivity index (χ1v) is 10.9. The van der Waals surface area contributed by atoms with Crippen molar-refractivity contribution in [2.24, 2.45) is 5.73 Å². The van der Waals surface area contributed by atoms with Crippen LogP contribution in [0.2, 0.25) is 0 Å². The van der Waals surface area contributed by atoms with Gasteiger partial charge in [-0.25, -0.2) is 4.98 Å². The highest BCUT2D eigenvalue weighted by Gasteiger charge is 2.43. The Labute approximate surface area is 188 Å². The molecule has 3 N–H and O–H groups in total. The Morgan fingerprint density at radius 1 is 0.875 bits per heavy atom. The van der Waals surface area contributed by atoms with E-state index in [1.165, 1.54) is 0 Å². The maximum Gasteiger partial charge on any atom is 0.126 e. The number of imidazole rings is 1. The van der Waals surface area contributed by atoms with Crippen LogP contribution in [0, 0.1) is 0 Å². The molecule has 3 aromatic carbocycles. The predicted octanol–water partition coefficient (Wildman–Crippen LogP) is 3.35. The summed E-state index contributed by atoms with van der Waals surface area (Å²) in [4.78, 5) is 4.70. The quantitative estimate of drug-likeness (QED) is 0.446. The highest BCUT2D eigenvalue weighted by atomic mass is 16.5. The standard InChI is InChI=1S/C27H27N3O2/c28-25(26(31)18-32-19-26)16-24-17-30(20-29-24)27(21-10-4-1-5-11-21,22-12-6-2-7-13-22)23-14-8-3-9-15-23/h1-15,17,20,25,31H,16,18-19,28H2. The zero-order valence-electron chi connectivity index (χ0n) is 17.8.